The van der Waals surface area contributed by atoms with E-state index in [1.165, 1.54) is 0 Å². The van der Waals surface area contributed by atoms with Crippen molar-refractivity contribution in [1.29, 1.82) is 0 Å². The van der Waals surface area contributed by atoms with Gasteiger partial charge in [0, 0.05) is 5.92 Å². The van der Waals surface area contributed by atoms with Crippen LogP contribution in [0, 0.1) is 5.92 Å². The lowest BCUT2D eigenvalue weighted by atomic mass is 10.1. The molecule has 1 aliphatic rings. The molecule has 1 atom stereocenters. The van der Waals surface area contributed by atoms with E-state index in [9.17, 15) is 0 Å². The van der Waals surface area contributed by atoms with Crippen LogP contribution in [-0.2, 0) is 9.78 Å². The van der Waals surface area contributed by atoms with Gasteiger partial charge in [0.15, 0.2) is 0 Å². The Morgan fingerprint density at radius 1 is 1.50 bits per heavy atom. The van der Waals surface area contributed by atoms with E-state index >= 15 is 0 Å². The van der Waals surface area contributed by atoms with Crippen LogP contribution in [0.15, 0.2) is 0 Å². The normalized spacial score (nSPS) is 26.2. The molecule has 0 aliphatic carbocycles. The molecule has 48 valence electrons. The van der Waals surface area contributed by atoms with Crippen molar-refractivity contribution in [3.05, 3.63) is 0 Å². The Labute approximate surface area is 48.1 Å². The van der Waals surface area contributed by atoms with Crippen molar-refractivity contribution in [2.75, 3.05) is 13.2 Å². The van der Waals surface area contributed by atoms with Crippen LogP contribution in [0.3, 0.4) is 0 Å². The number of hydrogen-bond acceptors (Lipinski definition) is 3. The van der Waals surface area contributed by atoms with Gasteiger partial charge in [0.25, 0.3) is 0 Å². The highest BCUT2D eigenvalue weighted by Crippen LogP contribution is 2.11. The number of aliphatic hydroxyl groups is 1. The van der Waals surface area contributed by atoms with Crippen molar-refractivity contribution >= 4 is 0 Å². The smallest absolute Gasteiger partial charge is 0.0898 e. The first-order chi connectivity index (χ1) is 3.80. The minimum absolute atomic E-state index is 0.176. The Hall–Kier alpha value is -0.120. The van der Waals surface area contributed by atoms with Crippen LogP contribution in [0.25, 0.3) is 0 Å². The average Bonchev–Trinajstić information content (AvgIpc) is 2.12. The van der Waals surface area contributed by atoms with Crippen molar-refractivity contribution in [2.24, 2.45) is 5.92 Å². The van der Waals surface area contributed by atoms with E-state index in [4.69, 9.17) is 5.11 Å². The fourth-order valence-corrected chi connectivity index (χ4v) is 0.598. The van der Waals surface area contributed by atoms with Crippen molar-refractivity contribution in [2.45, 2.75) is 13.0 Å². The fourth-order valence-electron chi connectivity index (χ4n) is 0.598. The molecule has 0 saturated carbocycles. The minimum atomic E-state index is -0.308. The first-order valence-electron chi connectivity index (χ1n) is 2.73. The molecule has 0 bridgehead atoms. The first kappa shape index (κ1) is 6.01. The predicted molar refractivity (Wildman–Crippen MR) is 27.1 cm³/mol. The lowest BCUT2D eigenvalue weighted by molar-refractivity contribution is -0.248. The third-order valence-corrected chi connectivity index (χ3v) is 1.33. The van der Waals surface area contributed by atoms with E-state index < -0.39 is 0 Å². The van der Waals surface area contributed by atoms with Gasteiger partial charge in [0.2, 0.25) is 0 Å². The minimum Gasteiger partial charge on any atom is -0.393 e. The van der Waals surface area contributed by atoms with E-state index in [-0.39, 0.29) is 12.0 Å². The van der Waals surface area contributed by atoms with Crippen LogP contribution in [0.5, 0.6) is 0 Å². The van der Waals surface area contributed by atoms with E-state index in [2.05, 4.69) is 9.78 Å². The van der Waals surface area contributed by atoms with Crippen LogP contribution in [0.4, 0.5) is 0 Å². The van der Waals surface area contributed by atoms with E-state index in [1.807, 2.05) is 0 Å². The molecule has 0 aromatic rings. The highest BCUT2D eigenvalue weighted by atomic mass is 17.2. The third-order valence-electron chi connectivity index (χ3n) is 1.33. The van der Waals surface area contributed by atoms with E-state index in [0.29, 0.717) is 13.2 Å². The molecule has 0 aromatic heterocycles. The standard InChI is InChI=1S/C5H10O3/c1-4(6)5-2-7-8-3-5/h4-6H,2-3H2,1H3. The average molecular weight is 118 g/mol. The quantitative estimate of drug-likeness (QED) is 0.490. The van der Waals surface area contributed by atoms with Gasteiger partial charge in [-0.05, 0) is 6.92 Å². The zero-order chi connectivity index (χ0) is 5.98. The maximum absolute atomic E-state index is 8.89. The lowest BCUT2D eigenvalue weighted by Crippen LogP contribution is -2.18. The Bertz CT molecular complexity index is 66.1. The summed E-state index contributed by atoms with van der Waals surface area (Å²) >= 11 is 0. The molecular weight excluding hydrogens is 108 g/mol. The number of rotatable bonds is 1. The largest absolute Gasteiger partial charge is 0.393 e. The molecule has 0 aromatic carbocycles. The molecule has 1 rings (SSSR count). The predicted octanol–water partition coefficient (Wildman–Crippen LogP) is -0.0548. The van der Waals surface area contributed by atoms with Gasteiger partial charge >= 0.3 is 0 Å². The molecule has 3 nitrogen and oxygen atoms in total. The summed E-state index contributed by atoms with van der Waals surface area (Å²) in [6, 6.07) is 0. The molecule has 1 saturated heterocycles. The van der Waals surface area contributed by atoms with Crippen LogP contribution in [0.1, 0.15) is 6.92 Å². The molecule has 1 heterocycles. The monoisotopic (exact) mass is 118 g/mol. The maximum atomic E-state index is 8.89. The first-order valence-corrected chi connectivity index (χ1v) is 2.73. The highest BCUT2D eigenvalue weighted by molar-refractivity contribution is 4.64. The lowest BCUT2D eigenvalue weighted by Gasteiger charge is -2.06. The molecule has 0 amide bonds. The molecule has 1 aliphatic heterocycles. The Balaban J connectivity index is 2.24. The van der Waals surface area contributed by atoms with Crippen LogP contribution < -0.4 is 0 Å². The zero-order valence-corrected chi connectivity index (χ0v) is 4.83. The van der Waals surface area contributed by atoms with Crippen molar-refractivity contribution in [1.82, 2.24) is 0 Å². The number of hydrogen-bond donors (Lipinski definition) is 1. The van der Waals surface area contributed by atoms with Gasteiger partial charge in [-0.1, -0.05) is 0 Å². The van der Waals surface area contributed by atoms with Crippen LogP contribution in [-0.4, -0.2) is 24.4 Å². The van der Waals surface area contributed by atoms with Gasteiger partial charge in [0.1, 0.15) is 0 Å². The highest BCUT2D eigenvalue weighted by Gasteiger charge is 2.21. The molecule has 3 heteroatoms. The van der Waals surface area contributed by atoms with Gasteiger partial charge in [-0.25, -0.2) is 9.78 Å². The second-order valence-electron chi connectivity index (χ2n) is 2.07. The SMILES string of the molecule is CC(O)C1COOC1. The van der Waals surface area contributed by atoms with E-state index in [1.54, 1.807) is 6.92 Å². The Kier molecular flexibility index (Phi) is 1.83. The van der Waals surface area contributed by atoms with Gasteiger partial charge in [0.05, 0.1) is 19.3 Å². The van der Waals surface area contributed by atoms with Crippen LogP contribution >= 0.6 is 0 Å². The van der Waals surface area contributed by atoms with Crippen molar-refractivity contribution in [3.63, 3.8) is 0 Å². The summed E-state index contributed by atoms with van der Waals surface area (Å²) in [7, 11) is 0. The second kappa shape index (κ2) is 2.44. The topological polar surface area (TPSA) is 38.7 Å². The Morgan fingerprint density at radius 3 is 2.25 bits per heavy atom. The second-order valence-corrected chi connectivity index (χ2v) is 2.07. The fraction of sp³-hybridized carbons (Fsp3) is 1.00. The summed E-state index contributed by atoms with van der Waals surface area (Å²) in [6.07, 6.45) is -0.308. The van der Waals surface area contributed by atoms with Gasteiger partial charge in [-0.2, -0.15) is 0 Å². The molecule has 0 radical (unpaired) electrons. The Morgan fingerprint density at radius 2 is 2.00 bits per heavy atom. The van der Waals surface area contributed by atoms with E-state index in [0.717, 1.165) is 0 Å². The zero-order valence-electron chi connectivity index (χ0n) is 4.83. The summed E-state index contributed by atoms with van der Waals surface area (Å²) in [5.41, 5.74) is 0. The summed E-state index contributed by atoms with van der Waals surface area (Å²) in [5.74, 6) is 0.176. The van der Waals surface area contributed by atoms with Crippen molar-refractivity contribution < 1.29 is 14.9 Å². The molecule has 1 fully saturated rings. The summed E-state index contributed by atoms with van der Waals surface area (Å²) in [5, 5.41) is 8.89. The maximum Gasteiger partial charge on any atom is 0.0898 e. The molecule has 8 heavy (non-hydrogen) atoms. The number of aliphatic hydroxyl groups excluding tert-OH is 1. The van der Waals surface area contributed by atoms with Crippen LogP contribution in [0.2, 0.25) is 0 Å². The molecule has 1 N–H and O–H groups in total. The van der Waals surface area contributed by atoms with Gasteiger partial charge in [-0.15, -0.1) is 0 Å². The molecule has 1 unspecified atom stereocenters. The van der Waals surface area contributed by atoms with Crippen molar-refractivity contribution in [3.8, 4) is 0 Å². The molecular formula is C5H10O3. The summed E-state index contributed by atoms with van der Waals surface area (Å²) < 4.78 is 0. The third kappa shape index (κ3) is 1.18. The summed E-state index contributed by atoms with van der Waals surface area (Å²) in [6.45, 7) is 2.79. The van der Waals surface area contributed by atoms with Gasteiger partial charge in [-0.3, -0.25) is 0 Å². The summed E-state index contributed by atoms with van der Waals surface area (Å²) in [4.78, 5) is 9.12. The van der Waals surface area contributed by atoms with Gasteiger partial charge < -0.3 is 5.11 Å². The molecule has 0 spiro atoms.